The molecule has 4 saturated carbocycles. The quantitative estimate of drug-likeness (QED) is 0.149. The summed E-state index contributed by atoms with van der Waals surface area (Å²) in [6, 6.07) is 0. The van der Waals surface area contributed by atoms with Crippen LogP contribution in [0.5, 0.6) is 0 Å². The summed E-state index contributed by atoms with van der Waals surface area (Å²) in [5.74, 6) is -1.61. The van der Waals surface area contributed by atoms with Crippen molar-refractivity contribution in [2.75, 3.05) is 6.61 Å². The number of aliphatic hydroxyl groups is 6. The number of esters is 1. The van der Waals surface area contributed by atoms with E-state index in [2.05, 4.69) is 0 Å². The summed E-state index contributed by atoms with van der Waals surface area (Å²) in [5.41, 5.74) is -3.89. The van der Waals surface area contributed by atoms with E-state index in [1.54, 1.807) is 6.92 Å². The van der Waals surface area contributed by atoms with Crippen LogP contribution in [-0.2, 0) is 23.8 Å². The Bertz CT molecular complexity index is 1080. The Kier molecular flexibility index (Phi) is 6.83. The predicted molar refractivity (Wildman–Crippen MR) is 136 cm³/mol. The zero-order chi connectivity index (χ0) is 28.8. The van der Waals surface area contributed by atoms with Crippen molar-refractivity contribution in [1.29, 1.82) is 0 Å². The number of hydrogen-bond donors (Lipinski definition) is 6. The molecular formula is C29H42O11. The number of carbonyl (C=O) groups is 2. The summed E-state index contributed by atoms with van der Waals surface area (Å²) in [7, 11) is 0. The molecule has 40 heavy (non-hydrogen) atoms. The maximum atomic E-state index is 13.0. The largest absolute Gasteiger partial charge is 0.458 e. The fourth-order valence-corrected chi connectivity index (χ4v) is 9.82. The summed E-state index contributed by atoms with van der Waals surface area (Å²) in [5, 5.41) is 66.7. The Hall–Kier alpha value is -1.44. The minimum Gasteiger partial charge on any atom is -0.458 e. The third-order valence-corrected chi connectivity index (χ3v) is 11.9. The lowest BCUT2D eigenvalue weighted by Crippen LogP contribution is -2.72. The number of hydrogen-bond acceptors (Lipinski definition) is 11. The highest BCUT2D eigenvalue weighted by Gasteiger charge is 2.73. The van der Waals surface area contributed by atoms with Crippen LogP contribution in [0.2, 0.25) is 0 Å². The summed E-state index contributed by atoms with van der Waals surface area (Å²) >= 11 is 0. The summed E-state index contributed by atoms with van der Waals surface area (Å²) in [4.78, 5) is 24.8. The van der Waals surface area contributed by atoms with Crippen LogP contribution in [0.1, 0.15) is 65.2 Å². The van der Waals surface area contributed by atoms with Gasteiger partial charge in [0.1, 0.15) is 31.2 Å². The highest BCUT2D eigenvalue weighted by atomic mass is 16.7. The van der Waals surface area contributed by atoms with E-state index < -0.39 is 82.8 Å². The van der Waals surface area contributed by atoms with Crippen molar-refractivity contribution < 1.29 is 54.4 Å². The van der Waals surface area contributed by atoms with E-state index in [1.807, 2.05) is 6.92 Å². The number of ether oxygens (including phenoxy) is 3. The Balaban J connectivity index is 1.25. The average molecular weight is 567 g/mol. The van der Waals surface area contributed by atoms with Crippen LogP contribution in [-0.4, -0.2) is 104 Å². The van der Waals surface area contributed by atoms with Gasteiger partial charge in [-0.1, -0.05) is 6.92 Å². The van der Waals surface area contributed by atoms with Crippen molar-refractivity contribution in [2.24, 2.45) is 28.6 Å². The second-order valence-corrected chi connectivity index (χ2v) is 13.6. The molecule has 0 aromatic rings. The van der Waals surface area contributed by atoms with Gasteiger partial charge in [0, 0.05) is 23.8 Å². The maximum absolute atomic E-state index is 13.0. The lowest BCUT2D eigenvalue weighted by Gasteiger charge is -2.66. The van der Waals surface area contributed by atoms with Gasteiger partial charge in [0.2, 0.25) is 0 Å². The SMILES string of the molecule is C[C@H]1O[C@@H](O[C@@H]2CC[C@]3(C=O)[C@H]4[C@H](O)C[C@]5(C)[C@H](C6=CC(=O)OC6)CC[C@]5(O)[C@H]4CC[C@@]3(O)C2)[C@H](O)[C@H](O)[C@H]1O. The second-order valence-electron chi connectivity index (χ2n) is 13.6. The minimum absolute atomic E-state index is 0.0615. The van der Waals surface area contributed by atoms with Gasteiger partial charge in [-0.25, -0.2) is 4.79 Å². The van der Waals surface area contributed by atoms with Crippen LogP contribution >= 0.6 is 0 Å². The van der Waals surface area contributed by atoms with Crippen LogP contribution in [0.4, 0.5) is 0 Å². The normalized spacial score (nSPS) is 56.0. The first-order chi connectivity index (χ1) is 18.8. The molecule has 6 aliphatic rings. The average Bonchev–Trinajstić information content (AvgIpc) is 3.45. The van der Waals surface area contributed by atoms with Crippen molar-refractivity contribution in [3.05, 3.63) is 11.6 Å². The summed E-state index contributed by atoms with van der Waals surface area (Å²) < 4.78 is 16.8. The molecule has 0 aromatic heterocycles. The lowest BCUT2D eigenvalue weighted by molar-refractivity contribution is -0.320. The van der Waals surface area contributed by atoms with Crippen LogP contribution < -0.4 is 0 Å². The molecule has 14 atom stereocenters. The molecule has 5 fully saturated rings. The molecule has 0 amide bonds. The fourth-order valence-electron chi connectivity index (χ4n) is 9.82. The first-order valence-electron chi connectivity index (χ1n) is 14.6. The fraction of sp³-hybridized carbons (Fsp3) is 0.862. The predicted octanol–water partition coefficient (Wildman–Crippen LogP) is -0.279. The van der Waals surface area contributed by atoms with Gasteiger partial charge in [0.15, 0.2) is 6.29 Å². The van der Waals surface area contributed by atoms with Crippen molar-refractivity contribution in [3.63, 3.8) is 0 Å². The number of aliphatic hydroxyl groups excluding tert-OH is 4. The Morgan fingerprint density at radius 2 is 1.75 bits per heavy atom. The number of rotatable bonds is 4. The first kappa shape index (κ1) is 28.7. The monoisotopic (exact) mass is 566 g/mol. The second kappa shape index (κ2) is 9.54. The van der Waals surface area contributed by atoms with Gasteiger partial charge in [0.25, 0.3) is 0 Å². The Labute approximate surface area is 233 Å². The van der Waals surface area contributed by atoms with Crippen molar-refractivity contribution in [1.82, 2.24) is 0 Å². The standard InChI is InChI=1S/C29H42O11/c1-14-22(33)23(34)24(35)25(39-14)40-16-3-6-27(13-30)21-18(4-7-28(27,36)10-16)29(37)8-5-17(15-9-20(32)38-12-15)26(29,2)11-19(21)31/h9,13-14,16-19,21-25,31,33-37H,3-8,10-12H2,1-2H3/t14-,16-,17+,18+,19-,21-,22+,23-,24-,25+,26-,27+,28-,29+/m1/s1. The molecule has 0 aromatic carbocycles. The highest BCUT2D eigenvalue weighted by Crippen LogP contribution is 2.70. The minimum atomic E-state index is -1.51. The van der Waals surface area contributed by atoms with E-state index in [9.17, 15) is 40.2 Å². The summed E-state index contributed by atoms with van der Waals surface area (Å²) in [6.07, 6.45) is -2.87. The first-order valence-corrected chi connectivity index (χ1v) is 14.6. The zero-order valence-electron chi connectivity index (χ0n) is 23.0. The van der Waals surface area contributed by atoms with E-state index in [4.69, 9.17) is 14.2 Å². The third-order valence-electron chi connectivity index (χ3n) is 11.9. The van der Waals surface area contributed by atoms with Crippen molar-refractivity contribution in [3.8, 4) is 0 Å². The van der Waals surface area contributed by atoms with Gasteiger partial charge in [-0.05, 0) is 69.3 Å². The molecule has 11 heteroatoms. The van der Waals surface area contributed by atoms with Gasteiger partial charge in [-0.15, -0.1) is 0 Å². The van der Waals surface area contributed by atoms with Gasteiger partial charge in [-0.2, -0.15) is 0 Å². The molecule has 2 heterocycles. The molecule has 0 bridgehead atoms. The molecule has 0 spiro atoms. The van der Waals surface area contributed by atoms with Crippen LogP contribution in [0.3, 0.4) is 0 Å². The molecule has 224 valence electrons. The molecule has 4 aliphatic carbocycles. The number of carbonyl (C=O) groups excluding carboxylic acids is 2. The lowest BCUT2D eigenvalue weighted by atomic mass is 9.41. The van der Waals surface area contributed by atoms with Gasteiger partial charge in [-0.3, -0.25) is 0 Å². The maximum Gasteiger partial charge on any atom is 0.331 e. The topological polar surface area (TPSA) is 183 Å². The smallest absolute Gasteiger partial charge is 0.331 e. The van der Waals surface area contributed by atoms with Crippen LogP contribution in [0, 0.1) is 28.6 Å². The van der Waals surface area contributed by atoms with Crippen LogP contribution in [0.15, 0.2) is 11.6 Å². The van der Waals surface area contributed by atoms with E-state index in [-0.39, 0.29) is 38.2 Å². The molecule has 6 rings (SSSR count). The third kappa shape index (κ3) is 3.78. The molecule has 0 unspecified atom stereocenters. The molecule has 0 radical (unpaired) electrons. The van der Waals surface area contributed by atoms with E-state index in [1.165, 1.54) is 6.08 Å². The van der Waals surface area contributed by atoms with E-state index in [0.29, 0.717) is 25.7 Å². The summed E-state index contributed by atoms with van der Waals surface area (Å²) in [6.45, 7) is 3.72. The van der Waals surface area contributed by atoms with E-state index >= 15 is 0 Å². The Morgan fingerprint density at radius 1 is 1.00 bits per heavy atom. The molecule has 6 N–H and O–H groups in total. The number of cyclic esters (lactones) is 1. The molecule has 11 nitrogen and oxygen atoms in total. The zero-order valence-corrected chi connectivity index (χ0v) is 23.0. The molecule has 2 aliphatic heterocycles. The molecule has 1 saturated heterocycles. The van der Waals surface area contributed by atoms with Crippen LogP contribution in [0.25, 0.3) is 0 Å². The Morgan fingerprint density at radius 3 is 2.42 bits per heavy atom. The number of fused-ring (bicyclic) bond motifs is 5. The van der Waals surface area contributed by atoms with Gasteiger partial charge < -0.3 is 49.6 Å². The molecular weight excluding hydrogens is 524 g/mol. The van der Waals surface area contributed by atoms with Crippen molar-refractivity contribution >= 4 is 12.3 Å². The van der Waals surface area contributed by atoms with Gasteiger partial charge >= 0.3 is 5.97 Å². The van der Waals surface area contributed by atoms with E-state index in [0.717, 1.165) is 11.9 Å². The number of aldehydes is 1. The van der Waals surface area contributed by atoms with Crippen molar-refractivity contribution in [2.45, 2.75) is 119 Å². The van der Waals surface area contributed by atoms with Gasteiger partial charge in [0.05, 0.1) is 34.9 Å². The highest BCUT2D eigenvalue weighted by molar-refractivity contribution is 5.85.